The van der Waals surface area contributed by atoms with Crippen molar-refractivity contribution in [2.45, 2.75) is 90.9 Å². The van der Waals surface area contributed by atoms with Crippen LogP contribution in [0.1, 0.15) is 102 Å². The Kier molecular flexibility index (Phi) is 8.44. The van der Waals surface area contributed by atoms with Gasteiger partial charge in [0.25, 0.3) is 0 Å². The maximum Gasteiger partial charge on any atom is 0.309 e. The summed E-state index contributed by atoms with van der Waals surface area (Å²) in [7, 11) is 0. The van der Waals surface area contributed by atoms with Crippen LogP contribution in [0.25, 0.3) is 0 Å². The average Bonchev–Trinajstić information content (AvgIpc) is 2.68. The molecule has 1 aromatic carbocycles. The van der Waals surface area contributed by atoms with Crippen LogP contribution < -0.4 is 0 Å². The molecule has 1 rings (SSSR count). The van der Waals surface area contributed by atoms with Crippen LogP contribution in [0.4, 0.5) is 0 Å². The van der Waals surface area contributed by atoms with Crippen LogP contribution in [-0.4, -0.2) is 22.2 Å². The van der Waals surface area contributed by atoms with E-state index in [0.29, 0.717) is 12.8 Å². The number of hydrogen-bond donors (Lipinski definition) is 2. The molecule has 1 unspecified atom stereocenters. The van der Waals surface area contributed by atoms with Crippen LogP contribution >= 0.6 is 0 Å². The molecular weight excluding hydrogens is 366 g/mol. The predicted octanol–water partition coefficient (Wildman–Crippen LogP) is 5.84. The van der Waals surface area contributed by atoms with Gasteiger partial charge in [0.1, 0.15) is 0 Å². The second-order valence-corrected chi connectivity index (χ2v) is 8.68. The van der Waals surface area contributed by atoms with Crippen molar-refractivity contribution < 1.29 is 19.8 Å². The van der Waals surface area contributed by atoms with Gasteiger partial charge in [-0.15, -0.1) is 0 Å². The Labute approximate surface area is 174 Å². The van der Waals surface area contributed by atoms with Crippen molar-refractivity contribution in [3.05, 3.63) is 34.9 Å². The first-order chi connectivity index (χ1) is 13.5. The molecule has 0 amide bonds. The summed E-state index contributed by atoms with van der Waals surface area (Å²) in [6.07, 6.45) is 0.792. The largest absolute Gasteiger partial charge is 0.481 e. The van der Waals surface area contributed by atoms with Gasteiger partial charge >= 0.3 is 11.9 Å². The fourth-order valence-electron chi connectivity index (χ4n) is 4.33. The molecule has 0 spiro atoms. The summed E-state index contributed by atoms with van der Waals surface area (Å²) >= 11 is 0. The van der Waals surface area contributed by atoms with Gasteiger partial charge in [0.05, 0.1) is 16.9 Å². The highest BCUT2D eigenvalue weighted by molar-refractivity contribution is 5.75. The van der Waals surface area contributed by atoms with Gasteiger partial charge in [-0.1, -0.05) is 59.7 Å². The van der Waals surface area contributed by atoms with Crippen molar-refractivity contribution in [1.82, 2.24) is 0 Å². The van der Waals surface area contributed by atoms with Crippen molar-refractivity contribution in [2.75, 3.05) is 0 Å². The highest BCUT2D eigenvalue weighted by Crippen LogP contribution is 2.48. The van der Waals surface area contributed by atoms with Gasteiger partial charge in [-0.3, -0.25) is 9.59 Å². The Morgan fingerprint density at radius 3 is 1.83 bits per heavy atom. The van der Waals surface area contributed by atoms with Gasteiger partial charge in [-0.25, -0.2) is 0 Å². The fraction of sp³-hybridized carbons (Fsp3) is 0.625. The van der Waals surface area contributed by atoms with Crippen LogP contribution in [-0.2, 0) is 15.0 Å². The van der Waals surface area contributed by atoms with Gasteiger partial charge < -0.3 is 10.2 Å². The summed E-state index contributed by atoms with van der Waals surface area (Å²) in [6.45, 7) is 11.8. The van der Waals surface area contributed by atoms with Crippen LogP contribution in [0, 0.1) is 16.7 Å². The maximum atomic E-state index is 12.3. The molecule has 0 aliphatic rings. The maximum absolute atomic E-state index is 12.3. The topological polar surface area (TPSA) is 98.4 Å². The zero-order valence-corrected chi connectivity index (χ0v) is 18.6. The second kappa shape index (κ2) is 9.91. The smallest absolute Gasteiger partial charge is 0.309 e. The number of rotatable bonds is 11. The van der Waals surface area contributed by atoms with Crippen molar-refractivity contribution in [1.29, 1.82) is 5.26 Å². The second-order valence-electron chi connectivity index (χ2n) is 8.68. The normalized spacial score (nSPS) is 13.9. The molecule has 0 saturated carbocycles. The van der Waals surface area contributed by atoms with E-state index in [-0.39, 0.29) is 31.1 Å². The summed E-state index contributed by atoms with van der Waals surface area (Å²) in [4.78, 5) is 23.7. The van der Waals surface area contributed by atoms with E-state index in [1.807, 2.05) is 59.7 Å². The first kappa shape index (κ1) is 24.7. The third kappa shape index (κ3) is 5.18. The predicted molar refractivity (Wildman–Crippen MR) is 114 cm³/mol. The molecular formula is C24H35NO4. The zero-order chi connectivity index (χ0) is 22.4. The molecule has 5 heteroatoms. The summed E-state index contributed by atoms with van der Waals surface area (Å²) in [5.74, 6) is -1.65. The first-order valence-electron chi connectivity index (χ1n) is 10.5. The Balaban J connectivity index is 3.90. The van der Waals surface area contributed by atoms with Gasteiger partial charge in [0, 0.05) is 6.42 Å². The van der Waals surface area contributed by atoms with Crippen molar-refractivity contribution in [3.63, 3.8) is 0 Å². The molecule has 1 aromatic rings. The molecule has 0 radical (unpaired) electrons. The molecule has 0 heterocycles. The van der Waals surface area contributed by atoms with Crippen LogP contribution in [0.5, 0.6) is 0 Å². The van der Waals surface area contributed by atoms with E-state index >= 15 is 0 Å². The summed E-state index contributed by atoms with van der Waals surface area (Å²) < 4.78 is 0. The lowest BCUT2D eigenvalue weighted by Gasteiger charge is -2.39. The van der Waals surface area contributed by atoms with E-state index in [4.69, 9.17) is 0 Å². The molecule has 2 N–H and O–H groups in total. The minimum absolute atomic E-state index is 0.0946. The van der Waals surface area contributed by atoms with Gasteiger partial charge in [-0.05, 0) is 54.2 Å². The third-order valence-electron chi connectivity index (χ3n) is 6.28. The Morgan fingerprint density at radius 2 is 1.52 bits per heavy atom. The SMILES string of the molecule is CCC(CC)(CC(C#N)(CCC(=O)O)c1c(C(C)C)cccc1C(C)C)C(=O)O. The zero-order valence-electron chi connectivity index (χ0n) is 18.6. The highest BCUT2D eigenvalue weighted by atomic mass is 16.4. The lowest BCUT2D eigenvalue weighted by Crippen LogP contribution is -2.40. The number of nitriles is 1. The lowest BCUT2D eigenvalue weighted by atomic mass is 9.61. The molecule has 160 valence electrons. The minimum atomic E-state index is -1.18. The molecule has 0 aromatic heterocycles. The van der Waals surface area contributed by atoms with E-state index in [1.54, 1.807) is 0 Å². The quantitative estimate of drug-likeness (QED) is 0.485. The number of carbonyl (C=O) groups is 2. The lowest BCUT2D eigenvalue weighted by molar-refractivity contribution is -0.150. The Hall–Kier alpha value is -2.35. The molecule has 29 heavy (non-hydrogen) atoms. The summed E-state index contributed by atoms with van der Waals surface area (Å²) in [5.41, 5.74) is 0.570. The molecule has 0 bridgehead atoms. The van der Waals surface area contributed by atoms with Crippen LogP contribution in [0.3, 0.4) is 0 Å². The Morgan fingerprint density at radius 1 is 1.03 bits per heavy atom. The monoisotopic (exact) mass is 401 g/mol. The highest BCUT2D eigenvalue weighted by Gasteiger charge is 2.47. The number of hydrogen-bond acceptors (Lipinski definition) is 3. The van der Waals surface area contributed by atoms with E-state index < -0.39 is 22.8 Å². The molecule has 0 fully saturated rings. The molecule has 0 saturated heterocycles. The summed E-state index contributed by atoms with van der Waals surface area (Å²) in [5, 5.41) is 29.9. The van der Waals surface area contributed by atoms with Gasteiger partial charge in [-0.2, -0.15) is 5.26 Å². The third-order valence-corrected chi connectivity index (χ3v) is 6.28. The minimum Gasteiger partial charge on any atom is -0.481 e. The number of nitrogens with zero attached hydrogens (tertiary/aromatic N) is 1. The van der Waals surface area contributed by atoms with Crippen LogP contribution in [0.15, 0.2) is 18.2 Å². The number of carboxylic acid groups (broad SMARTS) is 2. The van der Waals surface area contributed by atoms with Gasteiger partial charge in [0.15, 0.2) is 0 Å². The average molecular weight is 402 g/mol. The van der Waals surface area contributed by atoms with Crippen molar-refractivity contribution in [3.8, 4) is 6.07 Å². The molecule has 0 aliphatic heterocycles. The van der Waals surface area contributed by atoms with Crippen LogP contribution in [0.2, 0.25) is 0 Å². The fourth-order valence-corrected chi connectivity index (χ4v) is 4.33. The van der Waals surface area contributed by atoms with Gasteiger partial charge in [0.2, 0.25) is 0 Å². The number of aliphatic carboxylic acids is 2. The summed E-state index contributed by atoms with van der Waals surface area (Å²) in [6, 6.07) is 8.37. The van der Waals surface area contributed by atoms with Crippen molar-refractivity contribution >= 4 is 11.9 Å². The number of benzene rings is 1. The first-order valence-corrected chi connectivity index (χ1v) is 10.5. The molecule has 1 atom stereocenters. The Bertz CT molecular complexity index is 745. The van der Waals surface area contributed by atoms with E-state index in [9.17, 15) is 25.1 Å². The van der Waals surface area contributed by atoms with E-state index in [1.165, 1.54) is 0 Å². The molecule has 0 aliphatic carbocycles. The van der Waals surface area contributed by atoms with E-state index in [2.05, 4.69) is 6.07 Å². The number of carboxylic acids is 2. The molecule has 5 nitrogen and oxygen atoms in total. The standard InChI is InChI=1S/C24H35NO4/c1-7-23(8-2,22(28)29)14-24(15-25,13-12-20(26)27)21-18(16(3)4)10-9-11-19(21)17(5)6/h9-11,16-17H,7-8,12-14H2,1-6H3,(H,26,27)(H,28,29). The van der Waals surface area contributed by atoms with E-state index in [0.717, 1.165) is 16.7 Å². The van der Waals surface area contributed by atoms with Crippen molar-refractivity contribution in [2.24, 2.45) is 5.41 Å².